The van der Waals surface area contributed by atoms with Crippen LogP contribution in [0, 0.1) is 5.82 Å². The third-order valence-electron chi connectivity index (χ3n) is 2.44. The van der Waals surface area contributed by atoms with Gasteiger partial charge in [-0.2, -0.15) is 0 Å². The first-order valence-electron chi connectivity index (χ1n) is 5.62. The number of nitrogens with one attached hydrogen (secondary N) is 1. The molecule has 1 unspecified atom stereocenters. The highest BCUT2D eigenvalue weighted by molar-refractivity contribution is 5.16. The molecule has 1 aromatic rings. The van der Waals surface area contributed by atoms with Gasteiger partial charge in [-0.3, -0.25) is 4.98 Å². The van der Waals surface area contributed by atoms with Crippen LogP contribution in [-0.2, 0) is 9.47 Å². The summed E-state index contributed by atoms with van der Waals surface area (Å²) in [6.45, 7) is 2.85. The zero-order chi connectivity index (χ0) is 12.7. The fourth-order valence-corrected chi connectivity index (χ4v) is 1.64. The molecular weight excluding hydrogens is 223 g/mol. The Bertz CT molecular complexity index is 332. The Morgan fingerprint density at radius 3 is 2.59 bits per heavy atom. The van der Waals surface area contributed by atoms with E-state index in [9.17, 15) is 4.39 Å². The van der Waals surface area contributed by atoms with E-state index in [2.05, 4.69) is 17.2 Å². The van der Waals surface area contributed by atoms with Crippen molar-refractivity contribution in [3.8, 4) is 0 Å². The number of aromatic nitrogens is 1. The predicted octanol–water partition coefficient (Wildman–Crippen LogP) is 1.88. The lowest BCUT2D eigenvalue weighted by Gasteiger charge is -2.25. The van der Waals surface area contributed by atoms with Gasteiger partial charge in [0.2, 0.25) is 0 Å². The fraction of sp³-hybridized carbons (Fsp3) is 0.583. The number of halogens is 1. The topological polar surface area (TPSA) is 43.4 Å². The maximum Gasteiger partial charge on any atom is 0.176 e. The Morgan fingerprint density at radius 2 is 2.06 bits per heavy atom. The van der Waals surface area contributed by atoms with E-state index in [1.165, 1.54) is 12.3 Å². The van der Waals surface area contributed by atoms with Crippen LogP contribution in [0.5, 0.6) is 0 Å². The Labute approximate surface area is 101 Å². The number of ether oxygens (including phenoxy) is 2. The summed E-state index contributed by atoms with van der Waals surface area (Å²) in [4.78, 5) is 3.84. The minimum Gasteiger partial charge on any atom is -0.354 e. The summed E-state index contributed by atoms with van der Waals surface area (Å²) in [6.07, 6.45) is 3.29. The molecule has 1 rings (SSSR count). The van der Waals surface area contributed by atoms with Crippen molar-refractivity contribution >= 4 is 0 Å². The molecule has 0 amide bonds. The molecule has 0 aliphatic rings. The van der Waals surface area contributed by atoms with Crippen molar-refractivity contribution in [1.82, 2.24) is 10.3 Å². The Hall–Kier alpha value is -1.04. The van der Waals surface area contributed by atoms with Gasteiger partial charge in [0.25, 0.3) is 0 Å². The quantitative estimate of drug-likeness (QED) is 0.741. The van der Waals surface area contributed by atoms with Crippen LogP contribution in [0.25, 0.3) is 0 Å². The Morgan fingerprint density at radius 1 is 1.35 bits per heavy atom. The van der Waals surface area contributed by atoms with Crippen molar-refractivity contribution < 1.29 is 13.9 Å². The number of rotatable bonds is 7. The van der Waals surface area contributed by atoms with Crippen molar-refractivity contribution in [1.29, 1.82) is 0 Å². The molecular formula is C12H19FN2O2. The highest BCUT2D eigenvalue weighted by atomic mass is 19.1. The molecule has 0 aliphatic heterocycles. The van der Waals surface area contributed by atoms with Gasteiger partial charge in [0, 0.05) is 20.4 Å². The zero-order valence-electron chi connectivity index (χ0n) is 10.4. The third-order valence-corrected chi connectivity index (χ3v) is 2.44. The Balaban J connectivity index is 2.88. The molecule has 0 aromatic carbocycles. The minimum absolute atomic E-state index is 0.229. The van der Waals surface area contributed by atoms with Gasteiger partial charge >= 0.3 is 0 Å². The van der Waals surface area contributed by atoms with E-state index in [-0.39, 0.29) is 11.9 Å². The van der Waals surface area contributed by atoms with Crippen LogP contribution in [0.15, 0.2) is 18.5 Å². The number of pyridine rings is 1. The SMILES string of the molecule is CCCNC(c1cncc(F)c1)C(OC)OC. The molecule has 0 saturated heterocycles. The second kappa shape index (κ2) is 7.32. The van der Waals surface area contributed by atoms with E-state index < -0.39 is 6.29 Å². The lowest BCUT2D eigenvalue weighted by atomic mass is 10.1. The molecule has 0 fully saturated rings. The van der Waals surface area contributed by atoms with Crippen LogP contribution in [0.1, 0.15) is 24.9 Å². The van der Waals surface area contributed by atoms with Crippen LogP contribution in [0.3, 0.4) is 0 Å². The third kappa shape index (κ3) is 4.03. The number of hydrogen-bond donors (Lipinski definition) is 1. The lowest BCUT2D eigenvalue weighted by molar-refractivity contribution is -0.124. The first-order chi connectivity index (χ1) is 8.22. The largest absolute Gasteiger partial charge is 0.354 e. The van der Waals surface area contributed by atoms with E-state index in [0.29, 0.717) is 5.56 Å². The average Bonchev–Trinajstić information content (AvgIpc) is 2.34. The van der Waals surface area contributed by atoms with Crippen LogP contribution >= 0.6 is 0 Å². The van der Waals surface area contributed by atoms with Crippen molar-refractivity contribution in [2.75, 3.05) is 20.8 Å². The molecule has 0 saturated carbocycles. The van der Waals surface area contributed by atoms with E-state index in [1.54, 1.807) is 20.4 Å². The van der Waals surface area contributed by atoms with Crippen molar-refractivity contribution in [2.24, 2.45) is 0 Å². The first-order valence-corrected chi connectivity index (χ1v) is 5.62. The highest BCUT2D eigenvalue weighted by Gasteiger charge is 2.22. The number of hydrogen-bond acceptors (Lipinski definition) is 4. The van der Waals surface area contributed by atoms with Gasteiger partial charge in [-0.1, -0.05) is 6.92 Å². The molecule has 1 N–H and O–H groups in total. The highest BCUT2D eigenvalue weighted by Crippen LogP contribution is 2.19. The van der Waals surface area contributed by atoms with Gasteiger partial charge in [-0.25, -0.2) is 4.39 Å². The van der Waals surface area contributed by atoms with Gasteiger partial charge in [-0.15, -0.1) is 0 Å². The number of methoxy groups -OCH3 is 2. The average molecular weight is 242 g/mol. The summed E-state index contributed by atoms with van der Waals surface area (Å²) >= 11 is 0. The summed E-state index contributed by atoms with van der Waals surface area (Å²) in [7, 11) is 3.11. The molecule has 0 aliphatic carbocycles. The van der Waals surface area contributed by atoms with Crippen molar-refractivity contribution in [2.45, 2.75) is 25.7 Å². The zero-order valence-corrected chi connectivity index (χ0v) is 10.4. The molecule has 1 heterocycles. The van der Waals surface area contributed by atoms with E-state index in [4.69, 9.17) is 9.47 Å². The van der Waals surface area contributed by atoms with E-state index in [1.807, 2.05) is 0 Å². The van der Waals surface area contributed by atoms with Gasteiger partial charge in [0.15, 0.2) is 6.29 Å². The molecule has 0 spiro atoms. The second-order valence-corrected chi connectivity index (χ2v) is 3.71. The predicted molar refractivity (Wildman–Crippen MR) is 63.0 cm³/mol. The van der Waals surface area contributed by atoms with Crippen LogP contribution in [0.2, 0.25) is 0 Å². The molecule has 4 nitrogen and oxygen atoms in total. The second-order valence-electron chi connectivity index (χ2n) is 3.71. The van der Waals surface area contributed by atoms with Gasteiger partial charge in [0.05, 0.1) is 12.2 Å². The fourth-order valence-electron chi connectivity index (χ4n) is 1.64. The van der Waals surface area contributed by atoms with Gasteiger partial charge in [-0.05, 0) is 24.6 Å². The smallest absolute Gasteiger partial charge is 0.176 e. The van der Waals surface area contributed by atoms with Crippen molar-refractivity contribution in [3.63, 3.8) is 0 Å². The standard InChI is InChI=1S/C12H19FN2O2/c1-4-5-15-11(12(16-2)17-3)9-6-10(13)8-14-7-9/h6-8,11-12,15H,4-5H2,1-3H3. The normalized spacial score (nSPS) is 13.0. The van der Waals surface area contributed by atoms with Crippen LogP contribution < -0.4 is 5.32 Å². The summed E-state index contributed by atoms with van der Waals surface area (Å²) in [5.74, 6) is -0.364. The summed E-state index contributed by atoms with van der Waals surface area (Å²) < 4.78 is 23.6. The molecule has 0 radical (unpaired) electrons. The molecule has 96 valence electrons. The van der Waals surface area contributed by atoms with Gasteiger partial charge in [0.1, 0.15) is 5.82 Å². The van der Waals surface area contributed by atoms with Crippen molar-refractivity contribution in [3.05, 3.63) is 29.8 Å². The summed E-state index contributed by atoms with van der Waals surface area (Å²) in [5.41, 5.74) is 0.715. The minimum atomic E-state index is -0.467. The molecule has 0 bridgehead atoms. The monoisotopic (exact) mass is 242 g/mol. The number of nitrogens with zero attached hydrogens (tertiary/aromatic N) is 1. The molecule has 1 atom stereocenters. The Kier molecular flexibility index (Phi) is 6.04. The van der Waals surface area contributed by atoms with E-state index >= 15 is 0 Å². The lowest BCUT2D eigenvalue weighted by Crippen LogP contribution is -2.35. The maximum atomic E-state index is 13.1. The molecule has 17 heavy (non-hydrogen) atoms. The maximum absolute atomic E-state index is 13.1. The van der Waals surface area contributed by atoms with Crippen LogP contribution in [-0.4, -0.2) is 32.0 Å². The molecule has 1 aromatic heterocycles. The molecule has 5 heteroatoms. The summed E-state index contributed by atoms with van der Waals surface area (Å²) in [6, 6.07) is 1.21. The first kappa shape index (κ1) is 14.0. The van der Waals surface area contributed by atoms with Crippen LogP contribution in [0.4, 0.5) is 4.39 Å². The van der Waals surface area contributed by atoms with Gasteiger partial charge < -0.3 is 14.8 Å². The summed E-state index contributed by atoms with van der Waals surface area (Å²) in [5, 5.41) is 3.26. The van der Waals surface area contributed by atoms with E-state index in [0.717, 1.165) is 13.0 Å².